The van der Waals surface area contributed by atoms with Crippen molar-refractivity contribution in [3.8, 4) is 5.75 Å². The van der Waals surface area contributed by atoms with Gasteiger partial charge < -0.3 is 9.64 Å². The Morgan fingerprint density at radius 3 is 2.32 bits per heavy atom. The highest BCUT2D eigenvalue weighted by molar-refractivity contribution is 7.90. The third-order valence-corrected chi connectivity index (χ3v) is 6.47. The molecular weight excluding hydrogens is 372 g/mol. The highest BCUT2D eigenvalue weighted by atomic mass is 32.2. The first kappa shape index (κ1) is 20.8. The number of ether oxygens (including phenoxy) is 1. The third-order valence-electron chi connectivity index (χ3n) is 5.34. The summed E-state index contributed by atoms with van der Waals surface area (Å²) in [5.74, 6) is 0.695. The standard InChI is InChI=1S/C22H30N2O3S/c1-23(2)14-7-15-24(3)21-16-17-8-5-6-9-20(17)22(21)27-18-10-12-19(13-11-18)28(4,25)26/h5-6,8-13,21-22H,7,14-16H2,1-4H3/t21-,22-/m0/s1. The van der Waals surface area contributed by atoms with E-state index in [9.17, 15) is 8.42 Å². The van der Waals surface area contributed by atoms with Gasteiger partial charge in [-0.05, 0) is 82.5 Å². The van der Waals surface area contributed by atoms with Crippen LogP contribution < -0.4 is 4.74 Å². The maximum absolute atomic E-state index is 11.7. The van der Waals surface area contributed by atoms with Crippen LogP contribution in [0.3, 0.4) is 0 Å². The van der Waals surface area contributed by atoms with Crippen molar-refractivity contribution in [1.29, 1.82) is 0 Å². The van der Waals surface area contributed by atoms with Crippen LogP contribution in [0, 0.1) is 0 Å². The maximum atomic E-state index is 11.7. The molecule has 3 rings (SSSR count). The highest BCUT2D eigenvalue weighted by Crippen LogP contribution is 2.37. The topological polar surface area (TPSA) is 49.9 Å². The van der Waals surface area contributed by atoms with Crippen LogP contribution in [-0.2, 0) is 16.3 Å². The lowest BCUT2D eigenvalue weighted by Gasteiger charge is -2.30. The normalized spacial score (nSPS) is 19.2. The minimum atomic E-state index is -3.20. The van der Waals surface area contributed by atoms with Crippen molar-refractivity contribution in [1.82, 2.24) is 9.80 Å². The SMILES string of the molecule is CN(C)CCCN(C)[C@H]1Cc2ccccc2[C@@H]1Oc1ccc(S(C)(=O)=O)cc1. The molecular formula is C22H30N2O3S. The number of nitrogens with zero attached hydrogens (tertiary/aromatic N) is 2. The van der Waals surface area contributed by atoms with Crippen LogP contribution in [0.4, 0.5) is 0 Å². The van der Waals surface area contributed by atoms with Crippen LogP contribution >= 0.6 is 0 Å². The highest BCUT2D eigenvalue weighted by Gasteiger charge is 2.36. The Morgan fingerprint density at radius 2 is 1.68 bits per heavy atom. The molecule has 152 valence electrons. The molecule has 1 aliphatic rings. The van der Waals surface area contributed by atoms with Crippen LogP contribution in [0.2, 0.25) is 0 Å². The molecule has 2 atom stereocenters. The van der Waals surface area contributed by atoms with E-state index < -0.39 is 9.84 Å². The van der Waals surface area contributed by atoms with E-state index in [2.05, 4.69) is 55.2 Å². The maximum Gasteiger partial charge on any atom is 0.175 e. The van der Waals surface area contributed by atoms with Crippen molar-refractivity contribution in [2.45, 2.75) is 29.9 Å². The van der Waals surface area contributed by atoms with Gasteiger partial charge in [-0.3, -0.25) is 4.90 Å². The van der Waals surface area contributed by atoms with Crippen LogP contribution in [0.25, 0.3) is 0 Å². The van der Waals surface area contributed by atoms with Gasteiger partial charge in [0, 0.05) is 6.26 Å². The third kappa shape index (κ3) is 4.93. The zero-order chi connectivity index (χ0) is 20.3. The molecule has 0 saturated heterocycles. The van der Waals surface area contributed by atoms with E-state index in [0.29, 0.717) is 10.6 Å². The lowest BCUT2D eigenvalue weighted by atomic mass is 10.1. The van der Waals surface area contributed by atoms with E-state index in [-0.39, 0.29) is 12.1 Å². The van der Waals surface area contributed by atoms with Gasteiger partial charge in [-0.1, -0.05) is 24.3 Å². The Labute approximate surface area is 168 Å². The first-order valence-corrected chi connectivity index (χ1v) is 11.5. The average molecular weight is 403 g/mol. The monoisotopic (exact) mass is 402 g/mol. The Morgan fingerprint density at radius 1 is 1.00 bits per heavy atom. The first-order valence-electron chi connectivity index (χ1n) is 9.65. The quantitative estimate of drug-likeness (QED) is 0.679. The molecule has 2 aromatic rings. The molecule has 28 heavy (non-hydrogen) atoms. The molecule has 0 spiro atoms. The molecule has 0 aliphatic heterocycles. The number of likely N-dealkylation sites (N-methyl/N-ethyl adjacent to an activating group) is 1. The number of benzene rings is 2. The van der Waals surface area contributed by atoms with Crippen LogP contribution in [0.5, 0.6) is 5.75 Å². The summed E-state index contributed by atoms with van der Waals surface area (Å²) >= 11 is 0. The van der Waals surface area contributed by atoms with Gasteiger partial charge in [0.15, 0.2) is 9.84 Å². The van der Waals surface area contributed by atoms with Gasteiger partial charge >= 0.3 is 0 Å². The second-order valence-electron chi connectivity index (χ2n) is 7.89. The van der Waals surface area contributed by atoms with E-state index in [0.717, 1.165) is 25.9 Å². The van der Waals surface area contributed by atoms with E-state index in [1.807, 2.05) is 0 Å². The number of rotatable bonds is 8. The molecule has 2 aromatic carbocycles. The Hall–Kier alpha value is -1.89. The summed E-state index contributed by atoms with van der Waals surface area (Å²) in [7, 11) is 3.15. The van der Waals surface area contributed by atoms with Crippen LogP contribution in [-0.4, -0.2) is 64.7 Å². The first-order chi connectivity index (χ1) is 13.3. The molecule has 0 amide bonds. The van der Waals surface area contributed by atoms with Gasteiger partial charge in [0.2, 0.25) is 0 Å². The minimum Gasteiger partial charge on any atom is -0.484 e. The average Bonchev–Trinajstić information content (AvgIpc) is 3.00. The van der Waals surface area contributed by atoms with Crippen LogP contribution in [0.15, 0.2) is 53.4 Å². The second kappa shape index (κ2) is 8.64. The lowest BCUT2D eigenvalue weighted by Crippen LogP contribution is -2.38. The summed E-state index contributed by atoms with van der Waals surface area (Å²) in [5, 5.41) is 0. The van der Waals surface area contributed by atoms with Crippen LogP contribution in [0.1, 0.15) is 23.7 Å². The van der Waals surface area contributed by atoms with Gasteiger partial charge in [0.1, 0.15) is 11.9 Å². The zero-order valence-corrected chi connectivity index (χ0v) is 17.9. The van der Waals surface area contributed by atoms with E-state index >= 15 is 0 Å². The largest absolute Gasteiger partial charge is 0.484 e. The van der Waals surface area contributed by atoms with Crippen molar-refractivity contribution < 1.29 is 13.2 Å². The fourth-order valence-electron chi connectivity index (χ4n) is 3.78. The molecule has 6 heteroatoms. The van der Waals surface area contributed by atoms with Gasteiger partial charge in [0.25, 0.3) is 0 Å². The summed E-state index contributed by atoms with van der Waals surface area (Å²) in [6.45, 7) is 2.06. The summed E-state index contributed by atoms with van der Waals surface area (Å²) < 4.78 is 29.8. The molecule has 0 fully saturated rings. The smallest absolute Gasteiger partial charge is 0.175 e. The number of sulfone groups is 1. The Balaban J connectivity index is 1.78. The number of hydrogen-bond donors (Lipinski definition) is 0. The van der Waals surface area contributed by atoms with Gasteiger partial charge in [-0.15, -0.1) is 0 Å². The van der Waals surface area contributed by atoms with Gasteiger partial charge in [-0.25, -0.2) is 8.42 Å². The number of hydrogen-bond acceptors (Lipinski definition) is 5. The van der Waals surface area contributed by atoms with Gasteiger partial charge in [-0.2, -0.15) is 0 Å². The van der Waals surface area contributed by atoms with Gasteiger partial charge in [0.05, 0.1) is 10.9 Å². The summed E-state index contributed by atoms with van der Waals surface area (Å²) in [6.07, 6.45) is 3.21. The Bertz CT molecular complexity index is 894. The van der Waals surface area contributed by atoms with E-state index in [1.165, 1.54) is 17.4 Å². The lowest BCUT2D eigenvalue weighted by molar-refractivity contribution is 0.0930. The predicted octanol–water partition coefficient (Wildman–Crippen LogP) is 3.02. The molecule has 0 heterocycles. The summed E-state index contributed by atoms with van der Waals surface area (Å²) in [4.78, 5) is 4.90. The molecule has 0 bridgehead atoms. The van der Waals surface area contributed by atoms with Crippen molar-refractivity contribution in [3.63, 3.8) is 0 Å². The zero-order valence-electron chi connectivity index (χ0n) is 17.1. The summed E-state index contributed by atoms with van der Waals surface area (Å²) in [6, 6.07) is 15.4. The van der Waals surface area contributed by atoms with Crippen molar-refractivity contribution in [2.75, 3.05) is 40.5 Å². The molecule has 0 N–H and O–H groups in total. The molecule has 0 saturated carbocycles. The van der Waals surface area contributed by atoms with Crippen molar-refractivity contribution in [2.24, 2.45) is 0 Å². The molecule has 0 unspecified atom stereocenters. The molecule has 1 aliphatic carbocycles. The Kier molecular flexibility index (Phi) is 6.43. The molecule has 0 aromatic heterocycles. The molecule has 5 nitrogen and oxygen atoms in total. The molecule has 0 radical (unpaired) electrons. The van der Waals surface area contributed by atoms with Crippen molar-refractivity contribution >= 4 is 9.84 Å². The van der Waals surface area contributed by atoms with Crippen molar-refractivity contribution in [3.05, 3.63) is 59.7 Å². The number of fused-ring (bicyclic) bond motifs is 1. The predicted molar refractivity (Wildman–Crippen MR) is 113 cm³/mol. The fourth-order valence-corrected chi connectivity index (χ4v) is 4.41. The summed E-state index contributed by atoms with van der Waals surface area (Å²) in [5.41, 5.74) is 2.55. The van der Waals surface area contributed by atoms with E-state index in [1.54, 1.807) is 24.3 Å². The second-order valence-corrected chi connectivity index (χ2v) is 9.91. The van der Waals surface area contributed by atoms with E-state index in [4.69, 9.17) is 4.74 Å². The fraction of sp³-hybridized carbons (Fsp3) is 0.455. The minimum absolute atomic E-state index is 0.0651.